The number of rotatable bonds is 16. The van der Waals surface area contributed by atoms with E-state index in [0.29, 0.717) is 0 Å². The van der Waals surface area contributed by atoms with Crippen LogP contribution in [-0.2, 0) is 9.47 Å². The van der Waals surface area contributed by atoms with Crippen molar-refractivity contribution in [1.29, 1.82) is 0 Å². The molecule has 0 saturated heterocycles. The fraction of sp³-hybridized carbons (Fsp3) is 0.889. The summed E-state index contributed by atoms with van der Waals surface area (Å²) in [6, 6.07) is 0. The normalized spacial score (nSPS) is 11.8. The minimum atomic E-state index is -0.0371. The molecule has 1 N–H and O–H groups in total. The second-order valence-corrected chi connectivity index (χ2v) is 5.50. The van der Waals surface area contributed by atoms with Gasteiger partial charge in [-0.1, -0.05) is 51.7 Å². The van der Waals surface area contributed by atoms with Crippen molar-refractivity contribution < 1.29 is 14.6 Å². The molecule has 0 fully saturated rings. The molecule has 0 aliphatic carbocycles. The number of aliphatic hydroxyl groups excluding tert-OH is 1. The summed E-state index contributed by atoms with van der Waals surface area (Å²) in [5, 5.41) is 8.70. The first-order chi connectivity index (χ1) is 10.3. The zero-order valence-electron chi connectivity index (χ0n) is 14.2. The van der Waals surface area contributed by atoms with E-state index in [2.05, 4.69) is 19.9 Å². The highest BCUT2D eigenvalue weighted by molar-refractivity contribution is 4.81. The Kier molecular flexibility index (Phi) is 17.4. The Hall–Kier alpha value is -0.380. The Morgan fingerprint density at radius 2 is 1.38 bits per heavy atom. The molecule has 0 aromatic carbocycles. The van der Waals surface area contributed by atoms with E-state index >= 15 is 0 Å². The molecule has 0 aromatic rings. The minimum absolute atomic E-state index is 0.0371. The number of aliphatic hydroxyl groups is 1. The van der Waals surface area contributed by atoms with Crippen LogP contribution < -0.4 is 0 Å². The lowest BCUT2D eigenvalue weighted by Crippen LogP contribution is -2.18. The van der Waals surface area contributed by atoms with Crippen LogP contribution in [0.25, 0.3) is 0 Å². The molecular weight excluding hydrogens is 264 g/mol. The van der Waals surface area contributed by atoms with Crippen LogP contribution in [0.3, 0.4) is 0 Å². The maximum absolute atomic E-state index is 8.70. The summed E-state index contributed by atoms with van der Waals surface area (Å²) < 4.78 is 11.7. The number of ether oxygens (including phenoxy) is 2. The standard InChI is InChI=1S/C18H36O3/c1-3-5-12-16-20-18(21-17-13-6-4-2)14-10-8-7-9-11-15-19/h7,9,18-19H,3-6,8,10-17H2,1-2H3/b9-7-. The maximum atomic E-state index is 8.70. The van der Waals surface area contributed by atoms with E-state index in [-0.39, 0.29) is 12.9 Å². The van der Waals surface area contributed by atoms with E-state index in [1.807, 2.05) is 6.08 Å². The summed E-state index contributed by atoms with van der Waals surface area (Å²) in [7, 11) is 0. The molecule has 0 heterocycles. The third kappa shape index (κ3) is 15.8. The molecule has 0 saturated carbocycles. The zero-order valence-corrected chi connectivity index (χ0v) is 14.2. The largest absolute Gasteiger partial charge is 0.396 e. The topological polar surface area (TPSA) is 38.7 Å². The molecule has 0 bridgehead atoms. The van der Waals surface area contributed by atoms with E-state index in [1.165, 1.54) is 25.7 Å². The molecule has 3 heteroatoms. The lowest BCUT2D eigenvalue weighted by atomic mass is 10.2. The monoisotopic (exact) mass is 300 g/mol. The quantitative estimate of drug-likeness (QED) is 0.252. The van der Waals surface area contributed by atoms with Gasteiger partial charge in [-0.15, -0.1) is 0 Å². The van der Waals surface area contributed by atoms with Crippen molar-refractivity contribution in [2.24, 2.45) is 0 Å². The van der Waals surface area contributed by atoms with Crippen molar-refractivity contribution in [1.82, 2.24) is 0 Å². The molecule has 0 aromatic heterocycles. The predicted octanol–water partition coefficient (Wildman–Crippen LogP) is 4.84. The van der Waals surface area contributed by atoms with Crippen LogP contribution >= 0.6 is 0 Å². The minimum Gasteiger partial charge on any atom is -0.396 e. The van der Waals surface area contributed by atoms with Gasteiger partial charge in [0.25, 0.3) is 0 Å². The van der Waals surface area contributed by atoms with Crippen molar-refractivity contribution in [2.45, 2.75) is 84.3 Å². The Bertz CT molecular complexity index is 205. The summed E-state index contributed by atoms with van der Waals surface area (Å²) in [6.07, 6.45) is 15.1. The van der Waals surface area contributed by atoms with E-state index < -0.39 is 0 Å². The van der Waals surface area contributed by atoms with Gasteiger partial charge in [-0.3, -0.25) is 0 Å². The highest BCUT2D eigenvalue weighted by atomic mass is 16.7. The van der Waals surface area contributed by atoms with Crippen molar-refractivity contribution in [3.63, 3.8) is 0 Å². The van der Waals surface area contributed by atoms with Crippen LogP contribution in [0.2, 0.25) is 0 Å². The summed E-state index contributed by atoms with van der Waals surface area (Å²) >= 11 is 0. The van der Waals surface area contributed by atoms with Gasteiger partial charge in [0.2, 0.25) is 0 Å². The summed E-state index contributed by atoms with van der Waals surface area (Å²) in [5.41, 5.74) is 0. The van der Waals surface area contributed by atoms with E-state index in [0.717, 1.165) is 51.7 Å². The van der Waals surface area contributed by atoms with E-state index in [1.54, 1.807) is 0 Å². The Morgan fingerprint density at radius 3 is 1.90 bits per heavy atom. The Balaban J connectivity index is 3.77. The number of unbranched alkanes of at least 4 members (excludes halogenated alkanes) is 5. The smallest absolute Gasteiger partial charge is 0.157 e. The fourth-order valence-electron chi connectivity index (χ4n) is 2.06. The molecule has 0 aliphatic heterocycles. The molecule has 0 spiro atoms. The van der Waals surface area contributed by atoms with Gasteiger partial charge < -0.3 is 14.6 Å². The molecule has 0 atom stereocenters. The Labute approximate surface area is 131 Å². The fourth-order valence-corrected chi connectivity index (χ4v) is 2.06. The first-order valence-electron chi connectivity index (χ1n) is 8.84. The molecule has 0 radical (unpaired) electrons. The van der Waals surface area contributed by atoms with Gasteiger partial charge >= 0.3 is 0 Å². The third-order valence-electron chi connectivity index (χ3n) is 3.38. The van der Waals surface area contributed by atoms with Gasteiger partial charge in [-0.2, -0.15) is 0 Å². The van der Waals surface area contributed by atoms with Crippen LogP contribution in [0.5, 0.6) is 0 Å². The van der Waals surface area contributed by atoms with Crippen LogP contribution in [0.4, 0.5) is 0 Å². The van der Waals surface area contributed by atoms with Crippen LogP contribution in [0, 0.1) is 0 Å². The van der Waals surface area contributed by atoms with Crippen molar-refractivity contribution in [2.75, 3.05) is 19.8 Å². The maximum Gasteiger partial charge on any atom is 0.157 e. The van der Waals surface area contributed by atoms with Crippen LogP contribution in [-0.4, -0.2) is 31.2 Å². The number of allylic oxidation sites excluding steroid dienone is 1. The second-order valence-electron chi connectivity index (χ2n) is 5.50. The summed E-state index contributed by atoms with van der Waals surface area (Å²) in [5.74, 6) is 0. The van der Waals surface area contributed by atoms with Crippen LogP contribution in [0.1, 0.15) is 78.1 Å². The summed E-state index contributed by atoms with van der Waals surface area (Å²) in [4.78, 5) is 0. The third-order valence-corrected chi connectivity index (χ3v) is 3.38. The molecule has 0 unspecified atom stereocenters. The Morgan fingerprint density at radius 1 is 0.810 bits per heavy atom. The van der Waals surface area contributed by atoms with Gasteiger partial charge in [0.15, 0.2) is 6.29 Å². The van der Waals surface area contributed by atoms with Gasteiger partial charge in [0.05, 0.1) is 0 Å². The molecule has 126 valence electrons. The average molecular weight is 300 g/mol. The molecule has 0 aliphatic rings. The molecular formula is C18H36O3. The van der Waals surface area contributed by atoms with E-state index in [4.69, 9.17) is 14.6 Å². The molecule has 3 nitrogen and oxygen atoms in total. The first kappa shape index (κ1) is 20.6. The zero-order chi connectivity index (χ0) is 15.6. The molecule has 21 heavy (non-hydrogen) atoms. The SMILES string of the molecule is CCCCCOC(CCC/C=C\CCO)OCCCCC. The van der Waals surface area contributed by atoms with Crippen molar-refractivity contribution >= 4 is 0 Å². The molecule has 0 amide bonds. The number of hydrogen-bond acceptors (Lipinski definition) is 3. The van der Waals surface area contributed by atoms with Crippen LogP contribution in [0.15, 0.2) is 12.2 Å². The van der Waals surface area contributed by atoms with E-state index in [9.17, 15) is 0 Å². The highest BCUT2D eigenvalue weighted by Gasteiger charge is 2.08. The predicted molar refractivity (Wildman–Crippen MR) is 89.4 cm³/mol. The average Bonchev–Trinajstić information content (AvgIpc) is 2.50. The highest BCUT2D eigenvalue weighted by Crippen LogP contribution is 2.10. The second kappa shape index (κ2) is 17.7. The summed E-state index contributed by atoms with van der Waals surface area (Å²) in [6.45, 7) is 6.27. The van der Waals surface area contributed by atoms with Crippen molar-refractivity contribution in [3.8, 4) is 0 Å². The molecule has 0 rings (SSSR count). The van der Waals surface area contributed by atoms with Gasteiger partial charge in [0.1, 0.15) is 0 Å². The lowest BCUT2D eigenvalue weighted by molar-refractivity contribution is -0.147. The lowest BCUT2D eigenvalue weighted by Gasteiger charge is -2.18. The first-order valence-corrected chi connectivity index (χ1v) is 8.84. The van der Waals surface area contributed by atoms with Gasteiger partial charge in [-0.05, 0) is 38.5 Å². The van der Waals surface area contributed by atoms with Gasteiger partial charge in [-0.25, -0.2) is 0 Å². The number of hydrogen-bond donors (Lipinski definition) is 1. The van der Waals surface area contributed by atoms with Crippen molar-refractivity contribution in [3.05, 3.63) is 12.2 Å². The van der Waals surface area contributed by atoms with Gasteiger partial charge in [0, 0.05) is 19.8 Å².